The maximum Gasteiger partial charge on any atom is 0.0847 e. The molecule has 20 heavy (non-hydrogen) atoms. The Kier molecular flexibility index (Phi) is 4.01. The van der Waals surface area contributed by atoms with Crippen molar-refractivity contribution in [2.45, 2.75) is 25.0 Å². The van der Waals surface area contributed by atoms with E-state index in [1.165, 1.54) is 11.1 Å². The van der Waals surface area contributed by atoms with Crippen molar-refractivity contribution in [1.82, 2.24) is 15.4 Å². The Balaban J connectivity index is 1.81. The van der Waals surface area contributed by atoms with E-state index in [2.05, 4.69) is 33.6 Å². The van der Waals surface area contributed by atoms with Gasteiger partial charge in [-0.3, -0.25) is 21.2 Å². The van der Waals surface area contributed by atoms with E-state index in [0.29, 0.717) is 0 Å². The first-order valence-electron chi connectivity index (χ1n) is 6.80. The van der Waals surface area contributed by atoms with Gasteiger partial charge >= 0.3 is 0 Å². The van der Waals surface area contributed by atoms with Crippen molar-refractivity contribution in [3.05, 3.63) is 59.7 Å². The van der Waals surface area contributed by atoms with E-state index >= 15 is 0 Å². The normalized spacial score (nSPS) is 19.4. The third kappa shape index (κ3) is 2.70. The minimum atomic E-state index is -0.0696. The summed E-state index contributed by atoms with van der Waals surface area (Å²) in [6.07, 6.45) is 6.83. The quantitative estimate of drug-likeness (QED) is 0.653. The number of aromatic nitrogens is 2. The number of nitrogens with two attached hydrogens (primary N) is 1. The maximum atomic E-state index is 5.91. The Morgan fingerprint density at radius 1 is 1.35 bits per heavy atom. The van der Waals surface area contributed by atoms with Gasteiger partial charge in [0.15, 0.2) is 0 Å². The molecule has 3 N–H and O–H groups in total. The monoisotopic (exact) mass is 270 g/mol. The predicted molar refractivity (Wildman–Crippen MR) is 75.6 cm³/mol. The van der Waals surface area contributed by atoms with Crippen LogP contribution in [0.25, 0.3) is 0 Å². The molecule has 0 bridgehead atoms. The molecule has 0 saturated heterocycles. The highest BCUT2D eigenvalue weighted by atomic mass is 16.5. The Hall–Kier alpha value is -1.82. The van der Waals surface area contributed by atoms with Gasteiger partial charge < -0.3 is 4.74 Å². The van der Waals surface area contributed by atoms with Crippen LogP contribution < -0.4 is 11.3 Å². The zero-order chi connectivity index (χ0) is 13.8. The van der Waals surface area contributed by atoms with E-state index in [9.17, 15) is 0 Å². The fourth-order valence-corrected chi connectivity index (χ4v) is 2.65. The SMILES string of the molecule is NNC(CC1OCCc2ccccc21)c1cnccn1. The zero-order valence-corrected chi connectivity index (χ0v) is 11.2. The number of ether oxygens (including phenoxy) is 1. The lowest BCUT2D eigenvalue weighted by Gasteiger charge is -2.28. The summed E-state index contributed by atoms with van der Waals surface area (Å²) in [6, 6.07) is 8.34. The standard InChI is InChI=1S/C15H18N4O/c16-19-13(14-10-17-6-7-18-14)9-15-12-4-2-1-3-11(12)5-8-20-15/h1-4,6-7,10,13,15,19H,5,8-9,16H2. The first kappa shape index (κ1) is 13.2. The van der Waals surface area contributed by atoms with Gasteiger partial charge in [-0.1, -0.05) is 24.3 Å². The van der Waals surface area contributed by atoms with Crippen LogP contribution in [0, 0.1) is 0 Å². The molecule has 1 aromatic heterocycles. The third-order valence-electron chi connectivity index (χ3n) is 3.68. The Labute approximate surface area is 118 Å². The highest BCUT2D eigenvalue weighted by molar-refractivity contribution is 5.31. The van der Waals surface area contributed by atoms with Gasteiger partial charge in [0.25, 0.3) is 0 Å². The summed E-state index contributed by atoms with van der Waals surface area (Å²) in [5.74, 6) is 5.67. The van der Waals surface area contributed by atoms with Crippen LogP contribution >= 0.6 is 0 Å². The van der Waals surface area contributed by atoms with E-state index in [-0.39, 0.29) is 12.1 Å². The molecule has 0 radical (unpaired) electrons. The van der Waals surface area contributed by atoms with Crippen molar-refractivity contribution in [1.29, 1.82) is 0 Å². The van der Waals surface area contributed by atoms with Gasteiger partial charge in [0.05, 0.1) is 30.6 Å². The number of nitrogens with one attached hydrogen (secondary N) is 1. The molecule has 0 saturated carbocycles. The molecule has 5 heteroatoms. The largest absolute Gasteiger partial charge is 0.373 e. The fraction of sp³-hybridized carbons (Fsp3) is 0.333. The van der Waals surface area contributed by atoms with Crippen molar-refractivity contribution in [3.63, 3.8) is 0 Å². The molecule has 104 valence electrons. The second-order valence-electron chi connectivity index (χ2n) is 4.89. The van der Waals surface area contributed by atoms with Crippen molar-refractivity contribution in [2.24, 2.45) is 5.84 Å². The summed E-state index contributed by atoms with van der Waals surface area (Å²) >= 11 is 0. The first-order chi connectivity index (χ1) is 9.88. The average molecular weight is 270 g/mol. The Morgan fingerprint density at radius 2 is 2.25 bits per heavy atom. The topological polar surface area (TPSA) is 73.1 Å². The number of nitrogens with zero attached hydrogens (tertiary/aromatic N) is 2. The van der Waals surface area contributed by atoms with Gasteiger partial charge in [-0.15, -0.1) is 0 Å². The molecule has 0 spiro atoms. The van der Waals surface area contributed by atoms with Crippen LogP contribution in [0.4, 0.5) is 0 Å². The third-order valence-corrected chi connectivity index (χ3v) is 3.68. The zero-order valence-electron chi connectivity index (χ0n) is 11.2. The molecule has 0 fully saturated rings. The van der Waals surface area contributed by atoms with Gasteiger partial charge in [0, 0.05) is 18.8 Å². The lowest BCUT2D eigenvalue weighted by molar-refractivity contribution is 0.0289. The van der Waals surface area contributed by atoms with Crippen molar-refractivity contribution in [3.8, 4) is 0 Å². The highest BCUT2D eigenvalue weighted by Gasteiger charge is 2.25. The smallest absolute Gasteiger partial charge is 0.0847 e. The summed E-state index contributed by atoms with van der Waals surface area (Å²) in [7, 11) is 0. The summed E-state index contributed by atoms with van der Waals surface area (Å²) in [5.41, 5.74) is 6.26. The minimum absolute atomic E-state index is 0.0445. The second-order valence-corrected chi connectivity index (χ2v) is 4.89. The Bertz CT molecular complexity index is 561. The minimum Gasteiger partial charge on any atom is -0.373 e. The van der Waals surface area contributed by atoms with E-state index in [1.807, 2.05) is 6.07 Å². The van der Waals surface area contributed by atoms with Crippen molar-refractivity contribution in [2.75, 3.05) is 6.61 Å². The summed E-state index contributed by atoms with van der Waals surface area (Å²) < 4.78 is 5.91. The van der Waals surface area contributed by atoms with Crippen LogP contribution in [0.15, 0.2) is 42.9 Å². The molecule has 1 aliphatic rings. The molecule has 0 aliphatic carbocycles. The van der Waals surface area contributed by atoms with Crippen LogP contribution in [-0.2, 0) is 11.2 Å². The number of fused-ring (bicyclic) bond motifs is 1. The molecule has 2 aromatic rings. The van der Waals surface area contributed by atoms with Gasteiger partial charge in [-0.05, 0) is 17.5 Å². The van der Waals surface area contributed by atoms with E-state index < -0.39 is 0 Å². The number of hydrazine groups is 1. The van der Waals surface area contributed by atoms with E-state index in [1.54, 1.807) is 18.6 Å². The molecule has 2 unspecified atom stereocenters. The summed E-state index contributed by atoms with van der Waals surface area (Å²) in [5, 5.41) is 0. The number of rotatable bonds is 4. The molecule has 0 amide bonds. The van der Waals surface area contributed by atoms with Crippen LogP contribution in [0.5, 0.6) is 0 Å². The lowest BCUT2D eigenvalue weighted by Crippen LogP contribution is -2.31. The average Bonchev–Trinajstić information content (AvgIpc) is 2.53. The Morgan fingerprint density at radius 3 is 3.05 bits per heavy atom. The summed E-state index contributed by atoms with van der Waals surface area (Å²) in [6.45, 7) is 0.749. The van der Waals surface area contributed by atoms with E-state index in [4.69, 9.17) is 10.6 Å². The number of benzene rings is 1. The van der Waals surface area contributed by atoms with Crippen LogP contribution in [0.1, 0.15) is 35.4 Å². The molecule has 2 atom stereocenters. The predicted octanol–water partition coefficient (Wildman–Crippen LogP) is 1.69. The first-order valence-corrected chi connectivity index (χ1v) is 6.80. The molecular weight excluding hydrogens is 252 g/mol. The van der Waals surface area contributed by atoms with Crippen LogP contribution in [-0.4, -0.2) is 16.6 Å². The molecular formula is C15H18N4O. The van der Waals surface area contributed by atoms with E-state index in [0.717, 1.165) is 25.1 Å². The molecule has 1 aromatic carbocycles. The van der Waals surface area contributed by atoms with Gasteiger partial charge in [-0.25, -0.2) is 0 Å². The number of hydrogen-bond donors (Lipinski definition) is 2. The van der Waals surface area contributed by atoms with Gasteiger partial charge in [0.1, 0.15) is 0 Å². The lowest BCUT2D eigenvalue weighted by atomic mass is 9.93. The molecule has 3 rings (SSSR count). The van der Waals surface area contributed by atoms with Gasteiger partial charge in [-0.2, -0.15) is 0 Å². The fourth-order valence-electron chi connectivity index (χ4n) is 2.65. The van der Waals surface area contributed by atoms with Crippen molar-refractivity contribution < 1.29 is 4.74 Å². The number of hydrogen-bond acceptors (Lipinski definition) is 5. The molecule has 2 heterocycles. The maximum absolute atomic E-state index is 5.91. The summed E-state index contributed by atoms with van der Waals surface area (Å²) in [4.78, 5) is 8.40. The molecule has 5 nitrogen and oxygen atoms in total. The highest BCUT2D eigenvalue weighted by Crippen LogP contribution is 2.33. The van der Waals surface area contributed by atoms with Crippen molar-refractivity contribution >= 4 is 0 Å². The second kappa shape index (κ2) is 6.09. The van der Waals surface area contributed by atoms with Gasteiger partial charge in [0.2, 0.25) is 0 Å². The van der Waals surface area contributed by atoms with Crippen LogP contribution in [0.2, 0.25) is 0 Å². The van der Waals surface area contributed by atoms with Crippen LogP contribution in [0.3, 0.4) is 0 Å². The molecule has 1 aliphatic heterocycles.